The highest BCUT2D eigenvalue weighted by molar-refractivity contribution is 7.91. The molecule has 2 saturated heterocycles. The van der Waals surface area contributed by atoms with Crippen molar-refractivity contribution in [3.8, 4) is 16.9 Å². The summed E-state index contributed by atoms with van der Waals surface area (Å²) < 4.78 is 54.3. The summed E-state index contributed by atoms with van der Waals surface area (Å²) in [5, 5.41) is 2.56. The van der Waals surface area contributed by atoms with Gasteiger partial charge in [-0.3, -0.25) is 19.3 Å². The Morgan fingerprint density at radius 3 is 2.16 bits per heavy atom. The number of nitrogens with two attached hydrogens (primary N) is 2. The predicted molar refractivity (Wildman–Crippen MR) is 255 cm³/mol. The summed E-state index contributed by atoms with van der Waals surface area (Å²) in [5.41, 5.74) is 14.8. The zero-order valence-electron chi connectivity index (χ0n) is 38.4. The van der Waals surface area contributed by atoms with Gasteiger partial charge in [-0.2, -0.15) is 0 Å². The van der Waals surface area contributed by atoms with E-state index in [9.17, 15) is 22.8 Å². The number of nitrogens with one attached hydrogen (secondary N) is 1. The zero-order chi connectivity index (χ0) is 48.5. The van der Waals surface area contributed by atoms with E-state index in [2.05, 4.69) is 40.0 Å². The number of amides is 3. The number of nitrogen functional groups attached to an aromatic ring is 1. The van der Waals surface area contributed by atoms with E-state index in [4.69, 9.17) is 20.9 Å². The largest absolute Gasteiger partial charge is 0.491 e. The molecule has 0 saturated carbocycles. The van der Waals surface area contributed by atoms with Gasteiger partial charge in [0.25, 0.3) is 11.8 Å². The van der Waals surface area contributed by atoms with Gasteiger partial charge in [-0.25, -0.2) is 37.7 Å². The van der Waals surface area contributed by atoms with Crippen LogP contribution in [0.25, 0.3) is 11.1 Å². The first-order chi connectivity index (χ1) is 33.4. The van der Waals surface area contributed by atoms with Crippen LogP contribution in [0.5, 0.6) is 5.75 Å². The van der Waals surface area contributed by atoms with Crippen LogP contribution < -0.4 is 31.3 Å². The average molecular weight is 966 g/mol. The maximum Gasteiger partial charge on any atom is 0.254 e. The number of sulfone groups is 1. The fraction of sp³-hybridized carbons (Fsp3) is 0.404. The highest BCUT2D eigenvalue weighted by atomic mass is 32.2. The van der Waals surface area contributed by atoms with Crippen LogP contribution in [0.3, 0.4) is 0 Å². The second-order valence-electron chi connectivity index (χ2n) is 16.9. The molecule has 6 heterocycles. The Hall–Kier alpha value is -6.88. The first kappa shape index (κ1) is 48.6. The van der Waals surface area contributed by atoms with Crippen molar-refractivity contribution in [2.75, 3.05) is 113 Å². The lowest BCUT2D eigenvalue weighted by atomic mass is 10.0. The van der Waals surface area contributed by atoms with Gasteiger partial charge in [0.15, 0.2) is 9.84 Å². The van der Waals surface area contributed by atoms with Crippen molar-refractivity contribution in [3.63, 3.8) is 0 Å². The molecule has 2 fully saturated rings. The molecule has 5 N–H and O–H groups in total. The van der Waals surface area contributed by atoms with Gasteiger partial charge in [-0.15, -0.1) is 0 Å². The molecule has 3 aliphatic heterocycles. The molecule has 0 atom stereocenters. The van der Waals surface area contributed by atoms with Crippen LogP contribution >= 0.6 is 0 Å². The monoisotopic (exact) mass is 965 g/mol. The van der Waals surface area contributed by atoms with Crippen molar-refractivity contribution in [3.05, 3.63) is 107 Å². The number of hydrogen-bond donors (Lipinski definition) is 3. The molecule has 0 unspecified atom stereocenters. The van der Waals surface area contributed by atoms with Gasteiger partial charge in [0, 0.05) is 132 Å². The maximum atomic E-state index is 15.8. The summed E-state index contributed by atoms with van der Waals surface area (Å²) in [7, 11) is -4.21. The Bertz CT molecular complexity index is 2720. The molecular weight excluding hydrogens is 910 g/mol. The second-order valence-corrected chi connectivity index (χ2v) is 19.0. The van der Waals surface area contributed by atoms with Gasteiger partial charge in [0.2, 0.25) is 17.8 Å². The van der Waals surface area contributed by atoms with Crippen LogP contribution in [0, 0.1) is 12.7 Å². The Kier molecular flexibility index (Phi) is 15.5. The molecule has 3 aliphatic rings. The maximum absolute atomic E-state index is 15.8. The van der Waals surface area contributed by atoms with E-state index in [1.165, 1.54) is 30.3 Å². The minimum Gasteiger partial charge on any atom is -0.491 e. The number of anilines is 3. The van der Waals surface area contributed by atoms with Crippen molar-refractivity contribution in [1.29, 1.82) is 0 Å². The Balaban J connectivity index is 0.739. The summed E-state index contributed by atoms with van der Waals surface area (Å²) >= 11 is 0. The molecule has 20 nitrogen and oxygen atoms in total. The number of hydrogen-bond acceptors (Lipinski definition) is 17. The highest BCUT2D eigenvalue weighted by Gasteiger charge is 2.29. The van der Waals surface area contributed by atoms with Crippen LogP contribution in [0.4, 0.5) is 22.1 Å². The molecule has 3 aromatic heterocycles. The van der Waals surface area contributed by atoms with E-state index in [0.717, 1.165) is 41.4 Å². The molecule has 22 heteroatoms. The standard InChI is InChI=1S/C47H56FN13O7S/c1-32-38(45(64)61-19-22-68-39-5-2-34(24-36(39)31-61)35-3-7-41(50)52-28-35)4-6-40(43(32)48)69(65,66)23-9-51-44(63)37-29-55-47(56-30-37)59-12-10-57(11-13-59)18-21-67-20-8-42(62)58-14-16-60(17-15-58)46-53-26-33(25-49)27-54-46/h2-7,24,26-30H,8-23,25,31,49H2,1H3,(H2,50,52)(H,51,63). The Labute approximate surface area is 399 Å². The minimum atomic E-state index is -4.21. The fourth-order valence-electron chi connectivity index (χ4n) is 8.30. The molecule has 8 rings (SSSR count). The third kappa shape index (κ3) is 11.9. The number of halogens is 1. The summed E-state index contributed by atoms with van der Waals surface area (Å²) in [6.45, 7) is 9.01. The second kappa shape index (κ2) is 22.0. The van der Waals surface area contributed by atoms with E-state index >= 15 is 4.39 Å². The molecule has 0 aliphatic carbocycles. The summed E-state index contributed by atoms with van der Waals surface area (Å²) in [4.78, 5) is 70.4. The molecule has 69 heavy (non-hydrogen) atoms. The van der Waals surface area contributed by atoms with Crippen LogP contribution in [0.15, 0.2) is 78.3 Å². The van der Waals surface area contributed by atoms with Crippen molar-refractivity contribution in [2.45, 2.75) is 31.3 Å². The first-order valence-corrected chi connectivity index (χ1v) is 24.5. The van der Waals surface area contributed by atoms with Crippen molar-refractivity contribution < 1.29 is 36.7 Å². The summed E-state index contributed by atoms with van der Waals surface area (Å²) in [6, 6.07) is 11.6. The number of carbonyl (C=O) groups excluding carboxylic acids is 3. The minimum absolute atomic E-state index is 0.0312. The Morgan fingerprint density at radius 2 is 1.48 bits per heavy atom. The lowest BCUT2D eigenvalue weighted by molar-refractivity contribution is -0.132. The number of carbonyl (C=O) groups is 3. The van der Waals surface area contributed by atoms with Crippen LogP contribution in [-0.4, -0.2) is 163 Å². The SMILES string of the molecule is Cc1c(C(=O)N2CCOc3ccc(-c4ccc(N)nc4)cc3C2)ccc(S(=O)(=O)CCNC(=O)c2cnc(N3CCN(CCOCCC(=O)N4CCN(c5ncc(CN)cn5)CC4)CC3)nc2)c1F. The van der Waals surface area contributed by atoms with Gasteiger partial charge < -0.3 is 45.9 Å². The van der Waals surface area contributed by atoms with E-state index < -0.39 is 38.1 Å². The van der Waals surface area contributed by atoms with Crippen LogP contribution in [0.1, 0.15) is 43.8 Å². The third-order valence-electron chi connectivity index (χ3n) is 12.4. The van der Waals surface area contributed by atoms with Gasteiger partial charge in [0.05, 0.1) is 37.5 Å². The number of aromatic nitrogens is 5. The van der Waals surface area contributed by atoms with Gasteiger partial charge in [0.1, 0.15) is 28.9 Å². The Morgan fingerprint density at radius 1 is 0.797 bits per heavy atom. The molecule has 3 amide bonds. The van der Waals surface area contributed by atoms with E-state index in [1.54, 1.807) is 24.7 Å². The molecular formula is C47H56FN13O7S. The number of piperazine rings is 2. The van der Waals surface area contributed by atoms with Crippen molar-refractivity contribution in [1.82, 2.24) is 44.9 Å². The summed E-state index contributed by atoms with van der Waals surface area (Å²) in [6.07, 6.45) is 8.20. The van der Waals surface area contributed by atoms with Crippen LogP contribution in [0.2, 0.25) is 0 Å². The highest BCUT2D eigenvalue weighted by Crippen LogP contribution is 2.31. The zero-order valence-corrected chi connectivity index (χ0v) is 39.2. The van der Waals surface area contributed by atoms with E-state index in [1.807, 2.05) is 34.1 Å². The number of ether oxygens (including phenoxy) is 2. The average Bonchev–Trinajstić information content (AvgIpc) is 3.59. The van der Waals surface area contributed by atoms with E-state index in [-0.39, 0.29) is 48.8 Å². The normalized spacial score (nSPS) is 15.6. The predicted octanol–water partition coefficient (Wildman–Crippen LogP) is 1.93. The molecule has 0 radical (unpaired) electrons. The fourth-order valence-corrected chi connectivity index (χ4v) is 9.59. The number of fused-ring (bicyclic) bond motifs is 1. The number of pyridine rings is 1. The smallest absolute Gasteiger partial charge is 0.254 e. The van der Waals surface area contributed by atoms with Crippen molar-refractivity contribution in [2.24, 2.45) is 5.73 Å². The molecule has 2 aromatic carbocycles. The van der Waals surface area contributed by atoms with Crippen molar-refractivity contribution >= 4 is 45.3 Å². The third-order valence-corrected chi connectivity index (χ3v) is 14.2. The lowest BCUT2D eigenvalue weighted by Crippen LogP contribution is -2.49. The first-order valence-electron chi connectivity index (χ1n) is 22.8. The van der Waals surface area contributed by atoms with Gasteiger partial charge in [-0.05, 0) is 54.4 Å². The molecule has 0 bridgehead atoms. The molecule has 5 aromatic rings. The molecule has 0 spiro atoms. The number of rotatable bonds is 16. The van der Waals surface area contributed by atoms with Crippen LogP contribution in [-0.2, 0) is 32.5 Å². The quantitative estimate of drug-likeness (QED) is 0.120. The number of nitrogens with zero attached hydrogens (tertiary/aromatic N) is 10. The van der Waals surface area contributed by atoms with Gasteiger partial charge in [-0.1, -0.05) is 6.07 Å². The number of benzene rings is 2. The topological polar surface area (TPSA) is 249 Å². The van der Waals surface area contributed by atoms with E-state index in [0.29, 0.717) is 95.5 Å². The van der Waals surface area contributed by atoms with Gasteiger partial charge >= 0.3 is 0 Å². The lowest BCUT2D eigenvalue weighted by Gasteiger charge is -2.35. The molecule has 364 valence electrons. The summed E-state index contributed by atoms with van der Waals surface area (Å²) in [5.74, 6) is -0.467.